The van der Waals surface area contributed by atoms with E-state index in [1.54, 1.807) is 11.3 Å². The maximum absolute atomic E-state index is 4.44. The van der Waals surface area contributed by atoms with Crippen LogP contribution in [0.1, 0.15) is 62.9 Å². The fourth-order valence-electron chi connectivity index (χ4n) is 4.10. The van der Waals surface area contributed by atoms with Gasteiger partial charge in [0, 0.05) is 24.2 Å². The number of thiazole rings is 1. The molecule has 4 rings (SSSR count). The van der Waals surface area contributed by atoms with Crippen molar-refractivity contribution >= 4 is 28.4 Å². The summed E-state index contributed by atoms with van der Waals surface area (Å²) in [4.78, 5) is 6.99. The molecule has 0 amide bonds. The quantitative estimate of drug-likeness (QED) is 0.607. The lowest BCUT2D eigenvalue weighted by molar-refractivity contribution is 0.401. The first-order valence-corrected chi connectivity index (χ1v) is 10.3. The highest BCUT2D eigenvalue weighted by Crippen LogP contribution is 2.49. The molecule has 0 atom stereocenters. The first-order valence-electron chi connectivity index (χ1n) is 9.41. The monoisotopic (exact) mass is 368 g/mol. The Labute approximate surface area is 160 Å². The van der Waals surface area contributed by atoms with Gasteiger partial charge in [-0.25, -0.2) is 4.98 Å². The van der Waals surface area contributed by atoms with Crippen molar-refractivity contribution < 1.29 is 0 Å². The Bertz CT molecular complexity index is 822. The Kier molecular flexibility index (Phi) is 4.10. The van der Waals surface area contributed by atoms with Gasteiger partial charge in [0.15, 0.2) is 0 Å². The molecule has 0 saturated heterocycles. The minimum atomic E-state index is 0.206. The third-order valence-corrected chi connectivity index (χ3v) is 6.78. The first-order chi connectivity index (χ1) is 12.3. The van der Waals surface area contributed by atoms with Crippen LogP contribution in [0.4, 0.5) is 10.8 Å². The molecule has 1 aromatic carbocycles. The van der Waals surface area contributed by atoms with Crippen molar-refractivity contribution in [3.05, 3.63) is 39.9 Å². The number of aromatic nitrogens is 1. The molecule has 0 saturated carbocycles. The minimum Gasteiger partial charge on any atom is -0.371 e. The molecule has 0 aliphatic carbocycles. The molecule has 0 spiro atoms. The average molecular weight is 369 g/mol. The third kappa shape index (κ3) is 3.02. The molecular weight excluding hydrogens is 340 g/mol. The second kappa shape index (κ2) is 6.08. The summed E-state index contributed by atoms with van der Waals surface area (Å²) in [6.07, 6.45) is 4.35. The topological polar surface area (TPSA) is 40.5 Å². The Morgan fingerprint density at radius 1 is 1.12 bits per heavy atom. The average Bonchev–Trinajstić information content (AvgIpc) is 2.98. The van der Waals surface area contributed by atoms with Crippen molar-refractivity contribution in [3.8, 4) is 0 Å². The van der Waals surface area contributed by atoms with E-state index in [9.17, 15) is 0 Å². The number of hydrazone groups is 1. The van der Waals surface area contributed by atoms with Crippen LogP contribution in [-0.2, 0) is 10.8 Å². The van der Waals surface area contributed by atoms with Crippen LogP contribution in [0.25, 0.3) is 0 Å². The lowest BCUT2D eigenvalue weighted by Gasteiger charge is -2.48. The minimum absolute atomic E-state index is 0.206. The van der Waals surface area contributed by atoms with E-state index in [1.807, 2.05) is 18.5 Å². The van der Waals surface area contributed by atoms with E-state index >= 15 is 0 Å². The number of rotatable bonds is 3. The number of hydrogen-bond acceptors (Lipinski definition) is 5. The van der Waals surface area contributed by atoms with Gasteiger partial charge in [0.1, 0.15) is 0 Å². The summed E-state index contributed by atoms with van der Waals surface area (Å²) >= 11 is 1.58. The lowest BCUT2D eigenvalue weighted by atomic mass is 9.69. The Morgan fingerprint density at radius 2 is 1.73 bits per heavy atom. The van der Waals surface area contributed by atoms with E-state index in [0.717, 1.165) is 10.8 Å². The van der Waals surface area contributed by atoms with E-state index in [0.29, 0.717) is 0 Å². The highest BCUT2D eigenvalue weighted by atomic mass is 32.1. The fraction of sp³-hybridized carbons (Fsp3) is 0.524. The van der Waals surface area contributed by atoms with Gasteiger partial charge in [0.2, 0.25) is 5.13 Å². The van der Waals surface area contributed by atoms with Gasteiger partial charge in [-0.2, -0.15) is 5.10 Å². The zero-order valence-electron chi connectivity index (χ0n) is 16.4. The largest absolute Gasteiger partial charge is 0.371 e. The van der Waals surface area contributed by atoms with Crippen molar-refractivity contribution in [2.45, 2.75) is 58.3 Å². The molecule has 1 N–H and O–H groups in total. The van der Waals surface area contributed by atoms with Gasteiger partial charge < -0.3 is 4.90 Å². The lowest BCUT2D eigenvalue weighted by Crippen LogP contribution is -2.44. The maximum atomic E-state index is 4.44. The number of nitrogens with one attached hydrogen (secondary N) is 1. The van der Waals surface area contributed by atoms with Crippen LogP contribution in [-0.4, -0.2) is 24.3 Å². The summed E-state index contributed by atoms with van der Waals surface area (Å²) < 4.78 is 0. The maximum Gasteiger partial charge on any atom is 0.203 e. The fourth-order valence-corrected chi connectivity index (χ4v) is 4.74. The van der Waals surface area contributed by atoms with E-state index in [-0.39, 0.29) is 10.8 Å². The Balaban J connectivity index is 1.73. The van der Waals surface area contributed by atoms with Crippen LogP contribution < -0.4 is 10.3 Å². The van der Waals surface area contributed by atoms with Crippen molar-refractivity contribution in [1.29, 1.82) is 0 Å². The predicted octanol–water partition coefficient (Wildman–Crippen LogP) is 5.07. The van der Waals surface area contributed by atoms with Crippen LogP contribution >= 0.6 is 11.3 Å². The number of benzene rings is 1. The van der Waals surface area contributed by atoms with Crippen LogP contribution in [0.5, 0.6) is 0 Å². The third-order valence-electron chi connectivity index (χ3n) is 5.91. The molecule has 4 nitrogen and oxygen atoms in total. The highest BCUT2D eigenvalue weighted by molar-refractivity contribution is 7.13. The molecule has 2 aliphatic heterocycles. The van der Waals surface area contributed by atoms with Gasteiger partial charge >= 0.3 is 0 Å². The van der Waals surface area contributed by atoms with Crippen molar-refractivity contribution in [3.63, 3.8) is 0 Å². The van der Waals surface area contributed by atoms with E-state index in [1.165, 1.54) is 48.3 Å². The number of nitrogens with zero attached hydrogens (tertiary/aromatic N) is 3. The van der Waals surface area contributed by atoms with E-state index in [4.69, 9.17) is 0 Å². The normalized spacial score (nSPS) is 20.3. The zero-order chi connectivity index (χ0) is 18.5. The molecule has 0 radical (unpaired) electrons. The summed E-state index contributed by atoms with van der Waals surface area (Å²) in [7, 11) is 0. The molecule has 0 fully saturated rings. The van der Waals surface area contributed by atoms with Gasteiger partial charge in [-0.15, -0.1) is 11.3 Å². The van der Waals surface area contributed by atoms with Crippen molar-refractivity contribution in [2.75, 3.05) is 23.4 Å². The zero-order valence-corrected chi connectivity index (χ0v) is 17.2. The highest BCUT2D eigenvalue weighted by Gasteiger charge is 2.39. The first kappa shape index (κ1) is 17.5. The van der Waals surface area contributed by atoms with E-state index in [2.05, 4.69) is 60.2 Å². The second-order valence-electron chi connectivity index (χ2n) is 8.88. The molecule has 2 aromatic rings. The van der Waals surface area contributed by atoms with Gasteiger partial charge in [-0.05, 0) is 59.4 Å². The molecule has 0 bridgehead atoms. The molecule has 26 heavy (non-hydrogen) atoms. The molecule has 5 heteroatoms. The SMILES string of the molecule is Cc1csc(NN=Cc2cc3c4c(c2)C(C)(C)CCN4CCC3(C)C)n1. The summed E-state index contributed by atoms with van der Waals surface area (Å²) in [6, 6.07) is 4.68. The molecule has 0 unspecified atom stereocenters. The van der Waals surface area contributed by atoms with Gasteiger partial charge in [0.25, 0.3) is 0 Å². The van der Waals surface area contributed by atoms with Crippen molar-refractivity contribution in [2.24, 2.45) is 5.10 Å². The Morgan fingerprint density at radius 3 is 2.27 bits per heavy atom. The van der Waals surface area contributed by atoms with Crippen molar-refractivity contribution in [1.82, 2.24) is 4.98 Å². The van der Waals surface area contributed by atoms with Gasteiger partial charge in [-0.1, -0.05) is 27.7 Å². The van der Waals surface area contributed by atoms with E-state index < -0.39 is 0 Å². The molecule has 138 valence electrons. The van der Waals surface area contributed by atoms with Gasteiger partial charge in [-0.3, -0.25) is 5.43 Å². The smallest absolute Gasteiger partial charge is 0.203 e. The summed E-state index contributed by atoms with van der Waals surface area (Å²) in [6.45, 7) is 13.8. The summed E-state index contributed by atoms with van der Waals surface area (Å²) in [5.74, 6) is 0. The predicted molar refractivity (Wildman–Crippen MR) is 112 cm³/mol. The van der Waals surface area contributed by atoms with Crippen LogP contribution in [0, 0.1) is 6.92 Å². The number of anilines is 2. The molecule has 2 aliphatic rings. The Hall–Kier alpha value is -1.88. The van der Waals surface area contributed by atoms with Crippen LogP contribution in [0.3, 0.4) is 0 Å². The summed E-state index contributed by atoms with van der Waals surface area (Å²) in [5.41, 5.74) is 10.1. The molecule has 3 heterocycles. The second-order valence-corrected chi connectivity index (χ2v) is 9.74. The summed E-state index contributed by atoms with van der Waals surface area (Å²) in [5, 5.41) is 7.31. The number of aryl methyl sites for hydroxylation is 1. The number of hydrogen-bond donors (Lipinski definition) is 1. The van der Waals surface area contributed by atoms with Crippen LogP contribution in [0.2, 0.25) is 0 Å². The van der Waals surface area contributed by atoms with Crippen LogP contribution in [0.15, 0.2) is 22.6 Å². The molecular formula is C21H28N4S. The standard InChI is InChI=1S/C21H28N4S/c1-14-13-26-19(23-14)24-22-12-15-10-16-18-17(11-15)21(4,5)7-9-25(18)8-6-20(16,2)3/h10-13H,6-9H2,1-5H3,(H,23,24). The van der Waals surface area contributed by atoms with Gasteiger partial charge in [0.05, 0.1) is 11.9 Å². The molecule has 1 aromatic heterocycles.